The van der Waals surface area contributed by atoms with Gasteiger partial charge >= 0.3 is 0 Å². The highest BCUT2D eigenvalue weighted by Crippen LogP contribution is 1.93. The van der Waals surface area contributed by atoms with Crippen LogP contribution in [0.5, 0.6) is 0 Å². The Morgan fingerprint density at radius 3 is 2.40 bits per heavy atom. The Kier molecular flexibility index (Phi) is 5.64. The van der Waals surface area contributed by atoms with Crippen LogP contribution in [0.4, 0.5) is 0 Å². The summed E-state index contributed by atoms with van der Waals surface area (Å²) in [5.41, 5.74) is 0. The first-order chi connectivity index (χ1) is 4.66. The van der Waals surface area contributed by atoms with E-state index >= 15 is 0 Å². The summed E-state index contributed by atoms with van der Waals surface area (Å²) in [7, 11) is 4.15. The largest absolute Gasteiger partial charge is 0.318 e. The second kappa shape index (κ2) is 5.69. The standard InChI is InChI=1S/C8H20N2/c1-8(2)7-10(4)6-5-9-3/h8-9H,5-7H2,1-4H3. The minimum Gasteiger partial charge on any atom is -0.318 e. The zero-order chi connectivity index (χ0) is 7.98. The van der Waals surface area contributed by atoms with E-state index in [1.165, 1.54) is 6.54 Å². The van der Waals surface area contributed by atoms with Gasteiger partial charge in [0.25, 0.3) is 0 Å². The third-order valence-corrected chi connectivity index (χ3v) is 1.42. The molecule has 1 N–H and O–H groups in total. The first kappa shape index (κ1) is 9.92. The summed E-state index contributed by atoms with van der Waals surface area (Å²) in [4.78, 5) is 2.35. The van der Waals surface area contributed by atoms with Crippen LogP contribution in [-0.2, 0) is 0 Å². The van der Waals surface area contributed by atoms with Gasteiger partial charge in [-0.15, -0.1) is 0 Å². The molecule has 0 aliphatic rings. The molecule has 2 heteroatoms. The number of nitrogens with zero attached hydrogens (tertiary/aromatic N) is 1. The Morgan fingerprint density at radius 1 is 1.40 bits per heavy atom. The first-order valence-electron chi connectivity index (χ1n) is 4.00. The van der Waals surface area contributed by atoms with E-state index in [4.69, 9.17) is 0 Å². The van der Waals surface area contributed by atoms with Crippen LogP contribution in [0.1, 0.15) is 13.8 Å². The zero-order valence-electron chi connectivity index (χ0n) is 7.65. The number of nitrogens with one attached hydrogen (secondary N) is 1. The Balaban J connectivity index is 3.16. The van der Waals surface area contributed by atoms with Gasteiger partial charge in [-0.05, 0) is 20.0 Å². The summed E-state index contributed by atoms with van der Waals surface area (Å²) in [6, 6.07) is 0. The molecule has 0 heterocycles. The lowest BCUT2D eigenvalue weighted by Crippen LogP contribution is -2.30. The van der Waals surface area contributed by atoms with E-state index < -0.39 is 0 Å². The van der Waals surface area contributed by atoms with Crippen molar-refractivity contribution in [2.75, 3.05) is 33.7 Å². The van der Waals surface area contributed by atoms with Crippen molar-refractivity contribution >= 4 is 0 Å². The molecule has 0 unspecified atom stereocenters. The van der Waals surface area contributed by atoms with Crippen molar-refractivity contribution in [3.63, 3.8) is 0 Å². The lowest BCUT2D eigenvalue weighted by Gasteiger charge is -2.18. The zero-order valence-corrected chi connectivity index (χ0v) is 7.65. The van der Waals surface area contributed by atoms with Gasteiger partial charge in [-0.25, -0.2) is 0 Å². The molecule has 0 spiro atoms. The van der Waals surface area contributed by atoms with Crippen LogP contribution in [0.15, 0.2) is 0 Å². The predicted molar refractivity (Wildman–Crippen MR) is 46.3 cm³/mol. The smallest absolute Gasteiger partial charge is 0.0104 e. The molecule has 0 bridgehead atoms. The third-order valence-electron chi connectivity index (χ3n) is 1.42. The highest BCUT2D eigenvalue weighted by atomic mass is 15.1. The maximum Gasteiger partial charge on any atom is 0.0104 e. The lowest BCUT2D eigenvalue weighted by molar-refractivity contribution is 0.297. The molecule has 0 aromatic rings. The quantitative estimate of drug-likeness (QED) is 0.614. The van der Waals surface area contributed by atoms with Gasteiger partial charge in [0, 0.05) is 19.6 Å². The molecule has 0 fully saturated rings. The summed E-state index contributed by atoms with van der Waals surface area (Å²) >= 11 is 0. The molecule has 0 amide bonds. The van der Waals surface area contributed by atoms with Crippen molar-refractivity contribution < 1.29 is 0 Å². The molecule has 0 radical (unpaired) electrons. The van der Waals surface area contributed by atoms with Crippen LogP contribution in [0.2, 0.25) is 0 Å². The van der Waals surface area contributed by atoms with E-state index in [0.717, 1.165) is 19.0 Å². The Morgan fingerprint density at radius 2 is 2.00 bits per heavy atom. The van der Waals surface area contributed by atoms with E-state index in [9.17, 15) is 0 Å². The fourth-order valence-corrected chi connectivity index (χ4v) is 1.02. The molecule has 0 saturated carbocycles. The number of hydrogen-bond acceptors (Lipinski definition) is 2. The van der Waals surface area contributed by atoms with E-state index in [2.05, 4.69) is 31.1 Å². The molecule has 0 aliphatic carbocycles. The fourth-order valence-electron chi connectivity index (χ4n) is 1.02. The summed E-state index contributed by atoms with van der Waals surface area (Å²) in [6.45, 7) is 7.92. The topological polar surface area (TPSA) is 15.3 Å². The Labute approximate surface area is 64.6 Å². The molecule has 0 aromatic carbocycles. The first-order valence-corrected chi connectivity index (χ1v) is 4.00. The van der Waals surface area contributed by atoms with Crippen LogP contribution in [0.3, 0.4) is 0 Å². The van der Waals surface area contributed by atoms with Crippen LogP contribution >= 0.6 is 0 Å². The Bertz CT molecular complexity index is 71.7. The van der Waals surface area contributed by atoms with Gasteiger partial charge in [-0.2, -0.15) is 0 Å². The summed E-state index contributed by atoms with van der Waals surface area (Å²) in [5, 5.41) is 3.13. The molecule has 0 aromatic heterocycles. The number of likely N-dealkylation sites (N-methyl/N-ethyl adjacent to an activating group) is 2. The highest BCUT2D eigenvalue weighted by Gasteiger charge is 1.98. The fraction of sp³-hybridized carbons (Fsp3) is 1.00. The van der Waals surface area contributed by atoms with Gasteiger partial charge in [0.2, 0.25) is 0 Å². The van der Waals surface area contributed by atoms with Gasteiger partial charge in [0.05, 0.1) is 0 Å². The van der Waals surface area contributed by atoms with Crippen molar-refractivity contribution in [1.82, 2.24) is 10.2 Å². The second-order valence-corrected chi connectivity index (χ2v) is 3.26. The van der Waals surface area contributed by atoms with E-state index in [0.29, 0.717) is 0 Å². The van der Waals surface area contributed by atoms with E-state index in [-0.39, 0.29) is 0 Å². The van der Waals surface area contributed by atoms with Gasteiger partial charge in [0.1, 0.15) is 0 Å². The van der Waals surface area contributed by atoms with Crippen molar-refractivity contribution in [1.29, 1.82) is 0 Å². The maximum atomic E-state index is 3.13. The molecule has 62 valence electrons. The van der Waals surface area contributed by atoms with E-state index in [1.54, 1.807) is 0 Å². The van der Waals surface area contributed by atoms with Crippen LogP contribution in [-0.4, -0.2) is 38.6 Å². The van der Waals surface area contributed by atoms with Crippen molar-refractivity contribution in [2.24, 2.45) is 5.92 Å². The van der Waals surface area contributed by atoms with Crippen molar-refractivity contribution in [3.05, 3.63) is 0 Å². The molecule has 10 heavy (non-hydrogen) atoms. The monoisotopic (exact) mass is 144 g/mol. The van der Waals surface area contributed by atoms with Gasteiger partial charge < -0.3 is 10.2 Å². The number of rotatable bonds is 5. The maximum absolute atomic E-state index is 3.13. The molecule has 0 rings (SSSR count). The van der Waals surface area contributed by atoms with Crippen LogP contribution in [0.25, 0.3) is 0 Å². The molecular formula is C8H20N2. The average Bonchev–Trinajstić information content (AvgIpc) is 1.82. The molecule has 2 nitrogen and oxygen atoms in total. The summed E-state index contributed by atoms with van der Waals surface area (Å²) < 4.78 is 0. The Hall–Kier alpha value is -0.0800. The van der Waals surface area contributed by atoms with Crippen molar-refractivity contribution in [3.8, 4) is 0 Å². The predicted octanol–water partition coefficient (Wildman–Crippen LogP) is 0.794. The normalized spacial score (nSPS) is 11.4. The molecule has 0 saturated heterocycles. The summed E-state index contributed by atoms with van der Waals surface area (Å²) in [5.74, 6) is 0.779. The van der Waals surface area contributed by atoms with Gasteiger partial charge in [-0.3, -0.25) is 0 Å². The molecule has 0 aliphatic heterocycles. The van der Waals surface area contributed by atoms with E-state index in [1.807, 2.05) is 7.05 Å². The number of hydrogen-bond donors (Lipinski definition) is 1. The minimum atomic E-state index is 0.779. The lowest BCUT2D eigenvalue weighted by atomic mass is 10.2. The molecular weight excluding hydrogens is 124 g/mol. The summed E-state index contributed by atoms with van der Waals surface area (Å²) in [6.07, 6.45) is 0. The SMILES string of the molecule is CNCCN(C)CC(C)C. The molecule has 0 atom stereocenters. The average molecular weight is 144 g/mol. The van der Waals surface area contributed by atoms with Crippen LogP contribution in [0, 0.1) is 5.92 Å². The van der Waals surface area contributed by atoms with Gasteiger partial charge in [0.15, 0.2) is 0 Å². The van der Waals surface area contributed by atoms with Gasteiger partial charge in [-0.1, -0.05) is 13.8 Å². The second-order valence-electron chi connectivity index (χ2n) is 3.26. The van der Waals surface area contributed by atoms with Crippen LogP contribution < -0.4 is 5.32 Å². The minimum absolute atomic E-state index is 0.779. The highest BCUT2D eigenvalue weighted by molar-refractivity contribution is 4.54. The third kappa shape index (κ3) is 6.05. The van der Waals surface area contributed by atoms with Crippen molar-refractivity contribution in [2.45, 2.75) is 13.8 Å².